The van der Waals surface area contributed by atoms with Crippen molar-refractivity contribution in [2.24, 2.45) is 10.9 Å². The van der Waals surface area contributed by atoms with E-state index in [0.717, 1.165) is 17.8 Å². The number of hydrogen-bond donors (Lipinski definition) is 2. The monoisotopic (exact) mass is 427 g/mol. The molecule has 2 N–H and O–H groups in total. The molecule has 0 aromatic heterocycles. The van der Waals surface area contributed by atoms with Crippen LogP contribution in [0, 0.1) is 5.92 Å². The molecule has 150 valence electrons. The summed E-state index contributed by atoms with van der Waals surface area (Å²) in [7, 11) is 0. The highest BCUT2D eigenvalue weighted by Gasteiger charge is 2.12. The van der Waals surface area contributed by atoms with E-state index in [0.29, 0.717) is 27.4 Å². The largest absolute Gasteiger partial charge is 0.364 e. The number of nitrogens with zero attached hydrogens (tertiary/aromatic N) is 1. The number of hydrogen-bond acceptors (Lipinski definition) is 3. The molecule has 1 aliphatic heterocycles. The van der Waals surface area contributed by atoms with Crippen LogP contribution in [0.5, 0.6) is 0 Å². The summed E-state index contributed by atoms with van der Waals surface area (Å²) >= 11 is 12.1. The number of nitrogens with one attached hydrogen (secondary N) is 2. The highest BCUT2D eigenvalue weighted by Crippen LogP contribution is 2.21. The Morgan fingerprint density at radius 3 is 2.76 bits per heavy atom. The number of allylic oxidation sites excluding steroid dienone is 3. The molecule has 4 nitrogen and oxygen atoms in total. The minimum absolute atomic E-state index is 0.0203. The number of halogens is 2. The number of rotatable bonds is 5. The lowest BCUT2D eigenvalue weighted by molar-refractivity contribution is 0.102. The molecule has 1 amide bonds. The highest BCUT2D eigenvalue weighted by molar-refractivity contribution is 6.68. The molecule has 0 saturated heterocycles. The van der Waals surface area contributed by atoms with Gasteiger partial charge in [0.25, 0.3) is 5.91 Å². The zero-order chi connectivity index (χ0) is 20.8. The maximum atomic E-state index is 12.5. The van der Waals surface area contributed by atoms with Crippen LogP contribution in [0.25, 0.3) is 0 Å². The molecule has 29 heavy (non-hydrogen) atoms. The van der Waals surface area contributed by atoms with E-state index in [-0.39, 0.29) is 11.9 Å². The van der Waals surface area contributed by atoms with Crippen molar-refractivity contribution in [2.75, 3.05) is 5.32 Å². The van der Waals surface area contributed by atoms with Gasteiger partial charge in [0.1, 0.15) is 11.0 Å². The van der Waals surface area contributed by atoms with Gasteiger partial charge in [0.05, 0.1) is 6.04 Å². The number of carbonyl (C=O) groups is 1. The zero-order valence-electron chi connectivity index (χ0n) is 16.3. The number of amides is 1. The van der Waals surface area contributed by atoms with Crippen LogP contribution in [-0.2, 0) is 0 Å². The van der Waals surface area contributed by atoms with Crippen molar-refractivity contribution in [3.63, 3.8) is 0 Å². The molecule has 0 radical (unpaired) electrons. The Labute approximate surface area is 181 Å². The average molecular weight is 428 g/mol. The summed E-state index contributed by atoms with van der Waals surface area (Å²) in [6, 6.07) is 14.6. The fraction of sp³-hybridized carbons (Fsp3) is 0.217. The molecule has 2 aromatic carbocycles. The summed E-state index contributed by atoms with van der Waals surface area (Å²) < 4.78 is 0. The molecule has 0 fully saturated rings. The lowest BCUT2D eigenvalue weighted by atomic mass is 10.1. The molecule has 3 rings (SSSR count). The summed E-state index contributed by atoms with van der Waals surface area (Å²) in [6.45, 7) is 4.18. The molecule has 2 atom stereocenters. The second-order valence-electron chi connectivity index (χ2n) is 7.06. The van der Waals surface area contributed by atoms with Crippen molar-refractivity contribution >= 4 is 40.0 Å². The SMILES string of the molecule is CC1\C=C(N[C@@H](C)c2cccc(NC(=O)c3cccc(Cl)c3)c2)/N=C(Cl)\C=C\C1. The van der Waals surface area contributed by atoms with E-state index in [1.165, 1.54) is 0 Å². The van der Waals surface area contributed by atoms with Crippen LogP contribution in [0.3, 0.4) is 0 Å². The molecule has 1 aliphatic rings. The smallest absolute Gasteiger partial charge is 0.255 e. The number of carbonyl (C=O) groups excluding carboxylic acids is 1. The molecule has 2 aromatic rings. The maximum absolute atomic E-state index is 12.5. The van der Waals surface area contributed by atoms with Crippen LogP contribution in [0.4, 0.5) is 5.69 Å². The van der Waals surface area contributed by atoms with Gasteiger partial charge in [-0.3, -0.25) is 4.79 Å². The van der Waals surface area contributed by atoms with Crippen molar-refractivity contribution in [3.8, 4) is 0 Å². The van der Waals surface area contributed by atoms with E-state index < -0.39 is 0 Å². The van der Waals surface area contributed by atoms with Crippen molar-refractivity contribution in [2.45, 2.75) is 26.3 Å². The van der Waals surface area contributed by atoms with Gasteiger partial charge in [0.2, 0.25) is 0 Å². The Morgan fingerprint density at radius 2 is 1.97 bits per heavy atom. The minimum atomic E-state index is -0.204. The van der Waals surface area contributed by atoms with E-state index >= 15 is 0 Å². The Hall–Kier alpha value is -2.56. The predicted molar refractivity (Wildman–Crippen MR) is 122 cm³/mol. The summed E-state index contributed by atoms with van der Waals surface area (Å²) in [6.07, 6.45) is 6.84. The van der Waals surface area contributed by atoms with Crippen LogP contribution < -0.4 is 10.6 Å². The second-order valence-corrected chi connectivity index (χ2v) is 7.88. The van der Waals surface area contributed by atoms with Gasteiger partial charge >= 0.3 is 0 Å². The molecule has 0 aliphatic carbocycles. The standard InChI is InChI=1S/C23H23Cl2N3O/c1-15-6-3-11-21(25)28-22(12-15)26-16(2)17-7-5-10-20(14-17)27-23(29)18-8-4-9-19(24)13-18/h3-5,7-16,26H,6H2,1-2H3,(H,27,29)/b11-3+,22-12-,28-21+/t15?,16-/m0/s1. The highest BCUT2D eigenvalue weighted by atomic mass is 35.5. The lowest BCUT2D eigenvalue weighted by Crippen LogP contribution is -2.19. The Kier molecular flexibility index (Phi) is 7.13. The van der Waals surface area contributed by atoms with Crippen LogP contribution in [0.15, 0.2) is 77.6 Å². The quantitative estimate of drug-likeness (QED) is 0.586. The van der Waals surface area contributed by atoms with Gasteiger partial charge in [-0.2, -0.15) is 0 Å². The van der Waals surface area contributed by atoms with Crippen LogP contribution in [0.1, 0.15) is 42.2 Å². The van der Waals surface area contributed by atoms with Gasteiger partial charge in [0, 0.05) is 16.3 Å². The molecule has 1 heterocycles. The van der Waals surface area contributed by atoms with Gasteiger partial charge in [-0.15, -0.1) is 0 Å². The van der Waals surface area contributed by atoms with Crippen molar-refractivity contribution < 1.29 is 4.79 Å². The summed E-state index contributed by atoms with van der Waals surface area (Å²) in [5.41, 5.74) is 2.25. The van der Waals surface area contributed by atoms with E-state index in [1.54, 1.807) is 24.3 Å². The summed E-state index contributed by atoms with van der Waals surface area (Å²) in [5.74, 6) is 0.899. The van der Waals surface area contributed by atoms with E-state index in [1.807, 2.05) is 43.3 Å². The summed E-state index contributed by atoms with van der Waals surface area (Å²) in [4.78, 5) is 16.9. The normalized spacial score (nSPS) is 22.1. The molecule has 0 spiro atoms. The molecule has 0 saturated carbocycles. The average Bonchev–Trinajstić information content (AvgIpc) is 2.67. The minimum Gasteiger partial charge on any atom is -0.364 e. The first-order valence-electron chi connectivity index (χ1n) is 9.46. The van der Waals surface area contributed by atoms with Crippen molar-refractivity contribution in [3.05, 3.63) is 88.7 Å². The Balaban J connectivity index is 1.73. The molecule has 0 bridgehead atoms. The number of benzene rings is 2. The molecular weight excluding hydrogens is 405 g/mol. The third-order valence-electron chi connectivity index (χ3n) is 4.53. The fourth-order valence-corrected chi connectivity index (χ4v) is 3.38. The number of aliphatic imine (C=N–C) groups is 1. The van der Waals surface area contributed by atoms with Gasteiger partial charge < -0.3 is 10.6 Å². The van der Waals surface area contributed by atoms with E-state index in [4.69, 9.17) is 23.2 Å². The Morgan fingerprint density at radius 1 is 1.17 bits per heavy atom. The van der Waals surface area contributed by atoms with E-state index in [9.17, 15) is 4.79 Å². The molecule has 6 heteroatoms. The van der Waals surface area contributed by atoms with Crippen molar-refractivity contribution in [1.29, 1.82) is 0 Å². The third kappa shape index (κ3) is 6.21. The molecular formula is C23H23Cl2N3O. The first kappa shape index (κ1) is 21.2. The maximum Gasteiger partial charge on any atom is 0.255 e. The van der Waals surface area contributed by atoms with Gasteiger partial charge in [-0.05, 0) is 67.3 Å². The first-order chi connectivity index (χ1) is 13.9. The van der Waals surface area contributed by atoms with Gasteiger partial charge in [-0.25, -0.2) is 4.99 Å². The third-order valence-corrected chi connectivity index (χ3v) is 4.97. The summed E-state index contributed by atoms with van der Waals surface area (Å²) in [5, 5.41) is 7.30. The van der Waals surface area contributed by atoms with Crippen LogP contribution in [-0.4, -0.2) is 11.1 Å². The van der Waals surface area contributed by atoms with E-state index in [2.05, 4.69) is 28.6 Å². The number of anilines is 1. The first-order valence-corrected chi connectivity index (χ1v) is 10.2. The van der Waals surface area contributed by atoms with Crippen LogP contribution >= 0.6 is 23.2 Å². The fourth-order valence-electron chi connectivity index (χ4n) is 3.01. The van der Waals surface area contributed by atoms with Gasteiger partial charge in [-0.1, -0.05) is 54.4 Å². The molecule has 1 unspecified atom stereocenters. The topological polar surface area (TPSA) is 53.5 Å². The zero-order valence-corrected chi connectivity index (χ0v) is 17.8. The van der Waals surface area contributed by atoms with Crippen LogP contribution in [0.2, 0.25) is 5.02 Å². The Bertz CT molecular complexity index is 982. The second kappa shape index (κ2) is 9.77. The predicted octanol–water partition coefficient (Wildman–Crippen LogP) is 6.32. The van der Waals surface area contributed by atoms with Gasteiger partial charge in [0.15, 0.2) is 0 Å². The lowest BCUT2D eigenvalue weighted by Gasteiger charge is -2.19. The van der Waals surface area contributed by atoms with Crippen molar-refractivity contribution in [1.82, 2.24) is 5.32 Å².